The summed E-state index contributed by atoms with van der Waals surface area (Å²) in [5, 5.41) is 0. The second-order valence-electron chi connectivity index (χ2n) is 8.27. The van der Waals surface area contributed by atoms with Crippen molar-refractivity contribution in [2.45, 2.75) is 80.1 Å². The molecule has 0 heterocycles. The minimum Gasteiger partial charge on any atom is -0.496 e. The van der Waals surface area contributed by atoms with Gasteiger partial charge in [0.05, 0.1) is 7.11 Å². The SMILES string of the molecule is CCc1c(C(C)(C)C)cc(CC(C)(C)C)c(OC)c1CC. The van der Waals surface area contributed by atoms with Crippen molar-refractivity contribution in [3.63, 3.8) is 0 Å². The lowest BCUT2D eigenvalue weighted by Crippen LogP contribution is -2.19. The van der Waals surface area contributed by atoms with E-state index >= 15 is 0 Å². The molecule has 0 amide bonds. The predicted molar refractivity (Wildman–Crippen MR) is 93.6 cm³/mol. The summed E-state index contributed by atoms with van der Waals surface area (Å²) in [6, 6.07) is 2.40. The van der Waals surface area contributed by atoms with Crippen molar-refractivity contribution in [2.75, 3.05) is 7.11 Å². The third-order valence-electron chi connectivity index (χ3n) is 4.01. The molecule has 1 aromatic rings. The van der Waals surface area contributed by atoms with E-state index in [1.807, 2.05) is 7.11 Å². The summed E-state index contributed by atoms with van der Waals surface area (Å²) in [6.07, 6.45) is 3.16. The van der Waals surface area contributed by atoms with Gasteiger partial charge in [0.15, 0.2) is 0 Å². The van der Waals surface area contributed by atoms with E-state index in [1.165, 1.54) is 22.3 Å². The normalized spacial score (nSPS) is 12.6. The molecule has 0 unspecified atom stereocenters. The number of hydrogen-bond acceptors (Lipinski definition) is 1. The van der Waals surface area contributed by atoms with Crippen LogP contribution in [0, 0.1) is 5.41 Å². The molecule has 0 radical (unpaired) electrons. The molecule has 0 saturated carbocycles. The molecule has 1 heteroatoms. The van der Waals surface area contributed by atoms with Crippen molar-refractivity contribution in [3.8, 4) is 5.75 Å². The summed E-state index contributed by atoms with van der Waals surface area (Å²) in [5.74, 6) is 1.12. The maximum absolute atomic E-state index is 5.82. The zero-order valence-corrected chi connectivity index (χ0v) is 15.6. The van der Waals surface area contributed by atoms with Crippen LogP contribution in [0.25, 0.3) is 0 Å². The van der Waals surface area contributed by atoms with Crippen LogP contribution >= 0.6 is 0 Å². The fourth-order valence-corrected chi connectivity index (χ4v) is 3.22. The van der Waals surface area contributed by atoms with Gasteiger partial charge >= 0.3 is 0 Å². The second-order valence-corrected chi connectivity index (χ2v) is 8.27. The molecule has 0 aliphatic heterocycles. The van der Waals surface area contributed by atoms with Gasteiger partial charge in [-0.3, -0.25) is 0 Å². The Kier molecular flexibility index (Phi) is 5.52. The summed E-state index contributed by atoms with van der Waals surface area (Å²) in [6.45, 7) is 18.3. The average Bonchev–Trinajstić information content (AvgIpc) is 2.34. The van der Waals surface area contributed by atoms with Crippen LogP contribution in [-0.4, -0.2) is 7.11 Å². The topological polar surface area (TPSA) is 9.23 Å². The molecule has 0 atom stereocenters. The summed E-state index contributed by atoms with van der Waals surface area (Å²) in [5.41, 5.74) is 6.19. The van der Waals surface area contributed by atoms with E-state index in [9.17, 15) is 0 Å². The van der Waals surface area contributed by atoms with Gasteiger partial charge in [-0.15, -0.1) is 0 Å². The first kappa shape index (κ1) is 18.1. The van der Waals surface area contributed by atoms with E-state index in [1.54, 1.807) is 0 Å². The minimum absolute atomic E-state index is 0.175. The molecular weight excluding hydrogens is 256 g/mol. The summed E-state index contributed by atoms with van der Waals surface area (Å²) in [7, 11) is 1.82. The van der Waals surface area contributed by atoms with Crippen LogP contribution in [-0.2, 0) is 24.7 Å². The van der Waals surface area contributed by atoms with Gasteiger partial charge in [0, 0.05) is 0 Å². The van der Waals surface area contributed by atoms with Gasteiger partial charge < -0.3 is 4.74 Å². The van der Waals surface area contributed by atoms with Crippen molar-refractivity contribution in [3.05, 3.63) is 28.3 Å². The Balaban J connectivity index is 3.65. The van der Waals surface area contributed by atoms with Gasteiger partial charge in [-0.25, -0.2) is 0 Å². The third-order valence-corrected chi connectivity index (χ3v) is 4.01. The molecule has 0 bridgehead atoms. The Morgan fingerprint density at radius 3 is 1.76 bits per heavy atom. The zero-order valence-electron chi connectivity index (χ0n) is 15.6. The molecule has 120 valence electrons. The molecular formula is C20H34O. The van der Waals surface area contributed by atoms with E-state index in [4.69, 9.17) is 4.74 Å². The largest absolute Gasteiger partial charge is 0.496 e. The van der Waals surface area contributed by atoms with Crippen LogP contribution in [0.2, 0.25) is 0 Å². The molecule has 0 N–H and O–H groups in total. The summed E-state index contributed by atoms with van der Waals surface area (Å²) >= 11 is 0. The Bertz CT molecular complexity index is 484. The van der Waals surface area contributed by atoms with Crippen LogP contribution < -0.4 is 4.74 Å². The molecule has 1 rings (SSSR count). The maximum atomic E-state index is 5.82. The van der Waals surface area contributed by atoms with E-state index in [0.29, 0.717) is 0 Å². The maximum Gasteiger partial charge on any atom is 0.125 e. The Labute approximate surface area is 132 Å². The smallest absolute Gasteiger partial charge is 0.125 e. The fourth-order valence-electron chi connectivity index (χ4n) is 3.22. The third kappa shape index (κ3) is 4.25. The number of methoxy groups -OCH3 is 1. The second kappa shape index (κ2) is 6.42. The number of benzene rings is 1. The predicted octanol–water partition coefficient (Wildman–Crippen LogP) is 5.71. The van der Waals surface area contributed by atoms with E-state index < -0.39 is 0 Å². The summed E-state index contributed by atoms with van der Waals surface area (Å²) in [4.78, 5) is 0. The molecule has 21 heavy (non-hydrogen) atoms. The quantitative estimate of drug-likeness (QED) is 0.690. The number of rotatable bonds is 4. The van der Waals surface area contributed by atoms with Crippen molar-refractivity contribution in [1.29, 1.82) is 0 Å². The standard InChI is InChI=1S/C20H34O/c1-10-15-16(11-2)18(21-9)14(13-19(3,4)5)12-17(15)20(6,7)8/h12H,10-11,13H2,1-9H3. The first-order chi connectivity index (χ1) is 9.55. The lowest BCUT2D eigenvalue weighted by Gasteiger charge is -2.29. The Morgan fingerprint density at radius 1 is 0.905 bits per heavy atom. The van der Waals surface area contributed by atoms with Gasteiger partial charge in [-0.2, -0.15) is 0 Å². The highest BCUT2D eigenvalue weighted by Gasteiger charge is 2.25. The highest BCUT2D eigenvalue weighted by Crippen LogP contribution is 2.39. The van der Waals surface area contributed by atoms with Crippen LogP contribution in [0.1, 0.15) is 77.6 Å². The number of hydrogen-bond donors (Lipinski definition) is 0. The highest BCUT2D eigenvalue weighted by atomic mass is 16.5. The fraction of sp³-hybridized carbons (Fsp3) is 0.700. The van der Waals surface area contributed by atoms with Gasteiger partial charge in [-0.05, 0) is 52.3 Å². The lowest BCUT2D eigenvalue weighted by molar-refractivity contribution is 0.374. The molecule has 0 aromatic heterocycles. The highest BCUT2D eigenvalue weighted by molar-refractivity contribution is 5.53. The van der Waals surface area contributed by atoms with Crippen molar-refractivity contribution in [2.24, 2.45) is 5.41 Å². The monoisotopic (exact) mass is 290 g/mol. The molecule has 0 aliphatic carbocycles. The van der Waals surface area contributed by atoms with Crippen LogP contribution in [0.15, 0.2) is 6.07 Å². The van der Waals surface area contributed by atoms with E-state index in [-0.39, 0.29) is 10.8 Å². The van der Waals surface area contributed by atoms with Gasteiger partial charge in [0.2, 0.25) is 0 Å². The van der Waals surface area contributed by atoms with Crippen molar-refractivity contribution < 1.29 is 4.74 Å². The lowest BCUT2D eigenvalue weighted by atomic mass is 9.77. The van der Waals surface area contributed by atoms with Gasteiger partial charge in [-0.1, -0.05) is 61.5 Å². The molecule has 0 aliphatic rings. The molecule has 0 fully saturated rings. The minimum atomic E-state index is 0.175. The average molecular weight is 290 g/mol. The van der Waals surface area contributed by atoms with Gasteiger partial charge in [0.1, 0.15) is 5.75 Å². The molecule has 0 spiro atoms. The van der Waals surface area contributed by atoms with Crippen molar-refractivity contribution in [1.82, 2.24) is 0 Å². The molecule has 1 nitrogen and oxygen atoms in total. The zero-order chi connectivity index (χ0) is 16.4. The van der Waals surface area contributed by atoms with E-state index in [0.717, 1.165) is 25.0 Å². The van der Waals surface area contributed by atoms with Crippen LogP contribution in [0.3, 0.4) is 0 Å². The molecule has 1 aromatic carbocycles. The first-order valence-electron chi connectivity index (χ1n) is 8.27. The van der Waals surface area contributed by atoms with E-state index in [2.05, 4.69) is 61.5 Å². The first-order valence-corrected chi connectivity index (χ1v) is 8.27. The van der Waals surface area contributed by atoms with Crippen LogP contribution in [0.4, 0.5) is 0 Å². The number of ether oxygens (including phenoxy) is 1. The van der Waals surface area contributed by atoms with Gasteiger partial charge in [0.25, 0.3) is 0 Å². The summed E-state index contributed by atoms with van der Waals surface area (Å²) < 4.78 is 5.82. The Morgan fingerprint density at radius 2 is 1.43 bits per heavy atom. The molecule has 0 saturated heterocycles. The Hall–Kier alpha value is -0.980. The van der Waals surface area contributed by atoms with Crippen molar-refractivity contribution >= 4 is 0 Å². The van der Waals surface area contributed by atoms with Crippen LogP contribution in [0.5, 0.6) is 5.75 Å².